The van der Waals surface area contributed by atoms with Gasteiger partial charge in [-0.25, -0.2) is 0 Å². The molecular weight excluding hydrogens is 286 g/mol. The summed E-state index contributed by atoms with van der Waals surface area (Å²) in [5, 5.41) is 3.82. The highest BCUT2D eigenvalue weighted by Crippen LogP contribution is 2.20. The minimum absolute atomic E-state index is 0.358. The number of furan rings is 1. The number of piperidine rings is 1. The van der Waals surface area contributed by atoms with E-state index >= 15 is 0 Å². The van der Waals surface area contributed by atoms with Gasteiger partial charge in [0.2, 0.25) is 0 Å². The molecule has 0 aliphatic carbocycles. The predicted molar refractivity (Wildman–Crippen MR) is 92.1 cm³/mol. The first-order chi connectivity index (χ1) is 11.2. The van der Waals surface area contributed by atoms with Gasteiger partial charge in [-0.1, -0.05) is 13.0 Å². The lowest BCUT2D eigenvalue weighted by Crippen LogP contribution is -2.43. The van der Waals surface area contributed by atoms with Crippen LogP contribution in [0.3, 0.4) is 0 Å². The zero-order valence-electron chi connectivity index (χ0n) is 14.2. The predicted octanol–water partition coefficient (Wildman–Crippen LogP) is 3.69. The fourth-order valence-corrected chi connectivity index (χ4v) is 3.34. The Labute approximate surface area is 138 Å². The van der Waals surface area contributed by atoms with Gasteiger partial charge in [0, 0.05) is 30.9 Å². The second-order valence-corrected chi connectivity index (χ2v) is 6.46. The van der Waals surface area contributed by atoms with Crippen LogP contribution < -0.4 is 5.32 Å². The minimum atomic E-state index is 0.358. The van der Waals surface area contributed by atoms with Crippen molar-refractivity contribution in [2.24, 2.45) is 0 Å². The average Bonchev–Trinajstić information content (AvgIpc) is 3.07. The Balaban J connectivity index is 1.51. The Morgan fingerprint density at radius 2 is 2.09 bits per heavy atom. The Kier molecular flexibility index (Phi) is 5.47. The molecule has 0 amide bonds. The van der Waals surface area contributed by atoms with Gasteiger partial charge in [0.1, 0.15) is 5.76 Å². The van der Waals surface area contributed by atoms with E-state index in [1.807, 2.05) is 6.07 Å². The van der Waals surface area contributed by atoms with Crippen molar-refractivity contribution in [2.45, 2.75) is 51.7 Å². The van der Waals surface area contributed by atoms with Crippen LogP contribution in [0.5, 0.6) is 0 Å². The van der Waals surface area contributed by atoms with Crippen LogP contribution in [0.2, 0.25) is 0 Å². The third kappa shape index (κ3) is 4.43. The molecule has 0 aromatic carbocycles. The van der Waals surface area contributed by atoms with Crippen molar-refractivity contribution in [1.29, 1.82) is 0 Å². The van der Waals surface area contributed by atoms with Gasteiger partial charge in [-0.2, -0.15) is 0 Å². The van der Waals surface area contributed by atoms with Crippen molar-refractivity contribution < 1.29 is 4.42 Å². The lowest BCUT2D eigenvalue weighted by atomic mass is 10.0. The fourth-order valence-electron chi connectivity index (χ4n) is 3.34. The number of likely N-dealkylation sites (tertiary alicyclic amines) is 1. The smallest absolute Gasteiger partial charge is 0.117 e. The SMILES string of the molecule is CC[C@H](NC1CCN(Cc2ccco2)CC1)c1cccc(C)n1. The molecule has 1 atom stereocenters. The summed E-state index contributed by atoms with van der Waals surface area (Å²) in [7, 11) is 0. The topological polar surface area (TPSA) is 41.3 Å². The van der Waals surface area contributed by atoms with Crippen LogP contribution >= 0.6 is 0 Å². The lowest BCUT2D eigenvalue weighted by molar-refractivity contribution is 0.172. The lowest BCUT2D eigenvalue weighted by Gasteiger charge is -2.34. The van der Waals surface area contributed by atoms with Crippen molar-refractivity contribution in [3.05, 3.63) is 53.7 Å². The number of aromatic nitrogens is 1. The summed E-state index contributed by atoms with van der Waals surface area (Å²) in [6.07, 6.45) is 5.19. The van der Waals surface area contributed by atoms with Gasteiger partial charge < -0.3 is 9.73 Å². The standard InChI is InChI=1S/C19H27N3O/c1-3-18(19-8-4-6-15(2)20-19)21-16-9-11-22(12-10-16)14-17-7-5-13-23-17/h4-8,13,16,18,21H,3,9-12,14H2,1-2H3/t18-/m0/s1. The molecule has 2 aromatic rings. The molecule has 0 unspecified atom stereocenters. The first kappa shape index (κ1) is 16.2. The Bertz CT molecular complexity index is 588. The zero-order chi connectivity index (χ0) is 16.1. The quantitative estimate of drug-likeness (QED) is 0.883. The van der Waals surface area contributed by atoms with Crippen molar-refractivity contribution in [1.82, 2.24) is 15.2 Å². The average molecular weight is 313 g/mol. The molecule has 0 spiro atoms. The van der Waals surface area contributed by atoms with Crippen LogP contribution in [0.15, 0.2) is 41.0 Å². The van der Waals surface area contributed by atoms with E-state index in [4.69, 9.17) is 4.42 Å². The maximum Gasteiger partial charge on any atom is 0.117 e. The largest absolute Gasteiger partial charge is 0.468 e. The number of hydrogen-bond acceptors (Lipinski definition) is 4. The van der Waals surface area contributed by atoms with Crippen LogP contribution in [0.4, 0.5) is 0 Å². The number of nitrogens with one attached hydrogen (secondary N) is 1. The van der Waals surface area contributed by atoms with Crippen LogP contribution in [0.25, 0.3) is 0 Å². The molecule has 23 heavy (non-hydrogen) atoms. The molecule has 4 nitrogen and oxygen atoms in total. The number of hydrogen-bond donors (Lipinski definition) is 1. The van der Waals surface area contributed by atoms with E-state index in [2.05, 4.69) is 53.3 Å². The molecule has 0 radical (unpaired) electrons. The van der Waals surface area contributed by atoms with Crippen LogP contribution in [0, 0.1) is 6.92 Å². The number of aryl methyl sites for hydroxylation is 1. The molecular formula is C19H27N3O. The number of pyridine rings is 1. The Morgan fingerprint density at radius 3 is 2.74 bits per heavy atom. The van der Waals surface area contributed by atoms with E-state index in [0.29, 0.717) is 12.1 Å². The summed E-state index contributed by atoms with van der Waals surface area (Å²) >= 11 is 0. The van der Waals surface area contributed by atoms with Crippen molar-refractivity contribution in [3.8, 4) is 0 Å². The first-order valence-corrected chi connectivity index (χ1v) is 8.69. The van der Waals surface area contributed by atoms with E-state index in [1.54, 1.807) is 6.26 Å². The van der Waals surface area contributed by atoms with Gasteiger partial charge in [0.15, 0.2) is 0 Å². The van der Waals surface area contributed by atoms with Gasteiger partial charge >= 0.3 is 0 Å². The van der Waals surface area contributed by atoms with Gasteiger partial charge in [-0.15, -0.1) is 0 Å². The third-order valence-corrected chi connectivity index (χ3v) is 4.66. The molecule has 3 heterocycles. The Morgan fingerprint density at radius 1 is 1.26 bits per heavy atom. The van der Waals surface area contributed by atoms with E-state index in [0.717, 1.165) is 37.5 Å². The van der Waals surface area contributed by atoms with Crippen LogP contribution in [-0.2, 0) is 6.54 Å². The van der Waals surface area contributed by atoms with Crippen molar-refractivity contribution in [2.75, 3.05) is 13.1 Å². The maximum absolute atomic E-state index is 5.45. The molecule has 124 valence electrons. The highest BCUT2D eigenvalue weighted by Gasteiger charge is 2.22. The van der Waals surface area contributed by atoms with Crippen molar-refractivity contribution in [3.63, 3.8) is 0 Å². The van der Waals surface area contributed by atoms with Gasteiger partial charge in [0.05, 0.1) is 18.5 Å². The summed E-state index contributed by atoms with van der Waals surface area (Å²) in [4.78, 5) is 7.16. The molecule has 1 fully saturated rings. The fraction of sp³-hybridized carbons (Fsp3) is 0.526. The van der Waals surface area contributed by atoms with E-state index in [1.165, 1.54) is 18.5 Å². The number of rotatable bonds is 6. The molecule has 0 saturated carbocycles. The second-order valence-electron chi connectivity index (χ2n) is 6.46. The summed E-state index contributed by atoms with van der Waals surface area (Å²) in [5.74, 6) is 1.06. The summed E-state index contributed by atoms with van der Waals surface area (Å²) in [6.45, 7) is 7.46. The molecule has 1 aliphatic heterocycles. The van der Waals surface area contributed by atoms with Gasteiger partial charge in [0.25, 0.3) is 0 Å². The Hall–Kier alpha value is -1.65. The monoisotopic (exact) mass is 313 g/mol. The molecule has 1 N–H and O–H groups in total. The molecule has 2 aromatic heterocycles. The molecule has 0 bridgehead atoms. The molecule has 3 rings (SSSR count). The van der Waals surface area contributed by atoms with Gasteiger partial charge in [-0.05, 0) is 50.5 Å². The minimum Gasteiger partial charge on any atom is -0.468 e. The van der Waals surface area contributed by atoms with Gasteiger partial charge in [-0.3, -0.25) is 9.88 Å². The first-order valence-electron chi connectivity index (χ1n) is 8.69. The van der Waals surface area contributed by atoms with Crippen LogP contribution in [0.1, 0.15) is 49.4 Å². The zero-order valence-corrected chi connectivity index (χ0v) is 14.2. The number of nitrogens with zero attached hydrogens (tertiary/aromatic N) is 2. The molecule has 4 heteroatoms. The molecule has 1 aliphatic rings. The summed E-state index contributed by atoms with van der Waals surface area (Å²) in [6, 6.07) is 11.3. The second kappa shape index (κ2) is 7.75. The highest BCUT2D eigenvalue weighted by molar-refractivity contribution is 5.13. The molecule has 1 saturated heterocycles. The van der Waals surface area contributed by atoms with Crippen molar-refractivity contribution >= 4 is 0 Å². The van der Waals surface area contributed by atoms with E-state index in [-0.39, 0.29) is 0 Å². The van der Waals surface area contributed by atoms with E-state index in [9.17, 15) is 0 Å². The normalized spacial score (nSPS) is 18.2. The van der Waals surface area contributed by atoms with Crippen LogP contribution in [-0.4, -0.2) is 29.0 Å². The summed E-state index contributed by atoms with van der Waals surface area (Å²) < 4.78 is 5.45. The highest BCUT2D eigenvalue weighted by atomic mass is 16.3. The van der Waals surface area contributed by atoms with E-state index < -0.39 is 0 Å². The maximum atomic E-state index is 5.45. The third-order valence-electron chi connectivity index (χ3n) is 4.66. The summed E-state index contributed by atoms with van der Waals surface area (Å²) in [5.41, 5.74) is 2.27.